The first-order valence-corrected chi connectivity index (χ1v) is 4.84. The van der Waals surface area contributed by atoms with Crippen LogP contribution < -0.4 is 0 Å². The van der Waals surface area contributed by atoms with Crippen LogP contribution in [0.4, 0.5) is 0 Å². The standard InChI is InChI=1S/C5H12N2O4S/c1-6-3-4-7(5(8)11-2)12(6,9)10/h5,8H,3-4H2,1-2H3. The highest BCUT2D eigenvalue weighted by Gasteiger charge is 2.38. The number of rotatable bonds is 2. The third-order valence-electron chi connectivity index (χ3n) is 1.78. The highest BCUT2D eigenvalue weighted by molar-refractivity contribution is 7.87. The van der Waals surface area contributed by atoms with Crippen LogP contribution in [0.5, 0.6) is 0 Å². The topological polar surface area (TPSA) is 70.1 Å². The van der Waals surface area contributed by atoms with Crippen LogP contribution in [0.2, 0.25) is 0 Å². The number of ether oxygens (including phenoxy) is 1. The van der Waals surface area contributed by atoms with E-state index in [0.717, 1.165) is 8.61 Å². The molecule has 0 saturated carbocycles. The molecule has 0 aromatic rings. The third-order valence-corrected chi connectivity index (χ3v) is 3.71. The molecule has 1 aliphatic heterocycles. The van der Waals surface area contributed by atoms with E-state index >= 15 is 0 Å². The molecule has 7 heteroatoms. The second-order valence-corrected chi connectivity index (χ2v) is 4.49. The lowest BCUT2D eigenvalue weighted by molar-refractivity contribution is -0.140. The Labute approximate surface area is 71.5 Å². The Kier molecular flexibility index (Phi) is 2.69. The molecule has 0 bridgehead atoms. The van der Waals surface area contributed by atoms with Crippen molar-refractivity contribution < 1.29 is 18.3 Å². The van der Waals surface area contributed by atoms with Crippen LogP contribution >= 0.6 is 0 Å². The third kappa shape index (κ3) is 1.46. The Morgan fingerprint density at radius 3 is 2.42 bits per heavy atom. The summed E-state index contributed by atoms with van der Waals surface area (Å²) >= 11 is 0. The summed E-state index contributed by atoms with van der Waals surface area (Å²) in [6.07, 6.45) is -1.38. The molecule has 0 radical (unpaired) electrons. The fourth-order valence-electron chi connectivity index (χ4n) is 0.991. The minimum atomic E-state index is -3.49. The van der Waals surface area contributed by atoms with Crippen molar-refractivity contribution in [1.29, 1.82) is 0 Å². The molecule has 12 heavy (non-hydrogen) atoms. The molecule has 0 aliphatic carbocycles. The van der Waals surface area contributed by atoms with E-state index in [-0.39, 0.29) is 6.54 Å². The molecule has 0 amide bonds. The van der Waals surface area contributed by atoms with E-state index in [1.165, 1.54) is 14.2 Å². The zero-order valence-electron chi connectivity index (χ0n) is 6.97. The summed E-state index contributed by atoms with van der Waals surface area (Å²) in [5.74, 6) is 0. The van der Waals surface area contributed by atoms with Crippen molar-refractivity contribution in [2.24, 2.45) is 0 Å². The van der Waals surface area contributed by atoms with Crippen LogP contribution in [0.25, 0.3) is 0 Å². The molecule has 6 nitrogen and oxygen atoms in total. The molecule has 1 rings (SSSR count). The zero-order chi connectivity index (χ0) is 9.35. The number of aliphatic hydroxyl groups excluding tert-OH is 1. The Morgan fingerprint density at radius 1 is 1.50 bits per heavy atom. The second kappa shape index (κ2) is 3.27. The van der Waals surface area contributed by atoms with Crippen LogP contribution in [0, 0.1) is 0 Å². The predicted molar refractivity (Wildman–Crippen MR) is 41.3 cm³/mol. The summed E-state index contributed by atoms with van der Waals surface area (Å²) in [5, 5.41) is 9.11. The monoisotopic (exact) mass is 196 g/mol. The molecule has 1 N–H and O–H groups in total. The number of methoxy groups -OCH3 is 1. The summed E-state index contributed by atoms with van der Waals surface area (Å²) in [7, 11) is -0.781. The van der Waals surface area contributed by atoms with Gasteiger partial charge in [-0.1, -0.05) is 0 Å². The lowest BCUT2D eigenvalue weighted by Gasteiger charge is -2.19. The highest BCUT2D eigenvalue weighted by atomic mass is 32.2. The number of nitrogens with zero attached hydrogens (tertiary/aromatic N) is 2. The van der Waals surface area contributed by atoms with Gasteiger partial charge in [-0.2, -0.15) is 12.7 Å². The minimum absolute atomic E-state index is 0.258. The second-order valence-electron chi connectivity index (χ2n) is 2.50. The van der Waals surface area contributed by atoms with Gasteiger partial charge in [-0.3, -0.25) is 0 Å². The summed E-state index contributed by atoms with van der Waals surface area (Å²) in [5.41, 5.74) is 0. The Balaban J connectivity index is 2.82. The van der Waals surface area contributed by atoms with Crippen molar-refractivity contribution in [1.82, 2.24) is 8.61 Å². The fourth-order valence-corrected chi connectivity index (χ4v) is 2.29. The molecule has 1 atom stereocenters. The van der Waals surface area contributed by atoms with Crippen molar-refractivity contribution in [2.75, 3.05) is 27.2 Å². The lowest BCUT2D eigenvalue weighted by atomic mass is 10.6. The Hall–Kier alpha value is -0.210. The van der Waals surface area contributed by atoms with Gasteiger partial charge in [0.15, 0.2) is 0 Å². The van der Waals surface area contributed by atoms with E-state index < -0.39 is 16.6 Å². The maximum Gasteiger partial charge on any atom is 0.285 e. The van der Waals surface area contributed by atoms with Gasteiger partial charge in [-0.15, -0.1) is 4.31 Å². The van der Waals surface area contributed by atoms with E-state index in [1.807, 2.05) is 0 Å². The van der Waals surface area contributed by atoms with Crippen molar-refractivity contribution in [3.63, 3.8) is 0 Å². The minimum Gasteiger partial charge on any atom is -0.355 e. The van der Waals surface area contributed by atoms with E-state index in [2.05, 4.69) is 4.74 Å². The molecule has 0 aromatic heterocycles. The van der Waals surface area contributed by atoms with Crippen molar-refractivity contribution in [3.8, 4) is 0 Å². The molecule has 0 aromatic carbocycles. The van der Waals surface area contributed by atoms with Crippen LogP contribution in [0.1, 0.15) is 0 Å². The van der Waals surface area contributed by atoms with Gasteiger partial charge >= 0.3 is 0 Å². The van der Waals surface area contributed by atoms with Gasteiger partial charge in [0.25, 0.3) is 10.2 Å². The SMILES string of the molecule is COC(O)N1CCN(C)S1(=O)=O. The largest absolute Gasteiger partial charge is 0.355 e. The van der Waals surface area contributed by atoms with Gasteiger partial charge < -0.3 is 9.84 Å². The number of likely N-dealkylation sites (N-methyl/N-ethyl adjacent to an activating group) is 1. The van der Waals surface area contributed by atoms with Gasteiger partial charge in [0.1, 0.15) is 0 Å². The smallest absolute Gasteiger partial charge is 0.285 e. The maximum absolute atomic E-state index is 11.3. The first-order valence-electron chi connectivity index (χ1n) is 3.44. The Bertz CT molecular complexity index is 252. The van der Waals surface area contributed by atoms with Gasteiger partial charge in [0.2, 0.25) is 6.41 Å². The molecule has 72 valence electrons. The molecule has 1 heterocycles. The van der Waals surface area contributed by atoms with Crippen molar-refractivity contribution in [2.45, 2.75) is 6.41 Å². The fraction of sp³-hybridized carbons (Fsp3) is 1.00. The van der Waals surface area contributed by atoms with Gasteiger partial charge in [0.05, 0.1) is 0 Å². The molecular weight excluding hydrogens is 184 g/mol. The van der Waals surface area contributed by atoms with Gasteiger partial charge in [-0.25, -0.2) is 0 Å². The summed E-state index contributed by atoms with van der Waals surface area (Å²) in [6, 6.07) is 0. The zero-order valence-corrected chi connectivity index (χ0v) is 7.78. The summed E-state index contributed by atoms with van der Waals surface area (Å²) < 4.78 is 29.2. The molecule has 1 fully saturated rings. The van der Waals surface area contributed by atoms with E-state index in [1.54, 1.807) is 0 Å². The summed E-state index contributed by atoms with van der Waals surface area (Å²) in [4.78, 5) is 0. The van der Waals surface area contributed by atoms with Crippen LogP contribution in [-0.4, -0.2) is 55.8 Å². The van der Waals surface area contributed by atoms with Crippen LogP contribution in [0.3, 0.4) is 0 Å². The molecule has 1 unspecified atom stereocenters. The molecule has 1 saturated heterocycles. The number of hydrogen-bond acceptors (Lipinski definition) is 4. The molecule has 0 spiro atoms. The first-order chi connectivity index (χ1) is 5.50. The average molecular weight is 196 g/mol. The van der Waals surface area contributed by atoms with Gasteiger partial charge in [-0.05, 0) is 0 Å². The molecular formula is C5H12N2O4S. The first kappa shape index (κ1) is 9.87. The van der Waals surface area contributed by atoms with E-state index in [9.17, 15) is 8.42 Å². The van der Waals surface area contributed by atoms with Crippen molar-refractivity contribution >= 4 is 10.2 Å². The van der Waals surface area contributed by atoms with Crippen LogP contribution in [0.15, 0.2) is 0 Å². The maximum atomic E-state index is 11.3. The summed E-state index contributed by atoms with van der Waals surface area (Å²) in [6.45, 7) is 0.636. The average Bonchev–Trinajstić information content (AvgIpc) is 2.27. The van der Waals surface area contributed by atoms with Gasteiger partial charge in [0, 0.05) is 27.2 Å². The van der Waals surface area contributed by atoms with E-state index in [0.29, 0.717) is 6.54 Å². The van der Waals surface area contributed by atoms with E-state index in [4.69, 9.17) is 5.11 Å². The predicted octanol–water partition coefficient (Wildman–Crippen LogP) is -1.60. The number of hydrogen-bond donors (Lipinski definition) is 1. The Morgan fingerprint density at radius 2 is 2.08 bits per heavy atom. The van der Waals surface area contributed by atoms with Crippen molar-refractivity contribution in [3.05, 3.63) is 0 Å². The quantitative estimate of drug-likeness (QED) is 0.540. The number of aliphatic hydroxyl groups is 1. The highest BCUT2D eigenvalue weighted by Crippen LogP contribution is 2.16. The van der Waals surface area contributed by atoms with Crippen LogP contribution in [-0.2, 0) is 14.9 Å². The molecule has 1 aliphatic rings. The lowest BCUT2D eigenvalue weighted by Crippen LogP contribution is -2.39. The normalized spacial score (nSPS) is 27.6.